The van der Waals surface area contributed by atoms with Crippen LogP contribution in [0.1, 0.15) is 5.89 Å². The summed E-state index contributed by atoms with van der Waals surface area (Å²) >= 11 is 3.43. The second kappa shape index (κ2) is 4.98. The van der Waals surface area contributed by atoms with E-state index in [-0.39, 0.29) is 0 Å². The minimum Gasteiger partial charge on any atom is -0.399 e. The third-order valence-corrected chi connectivity index (χ3v) is 2.71. The summed E-state index contributed by atoms with van der Waals surface area (Å²) in [5.41, 5.74) is 7.37. The number of aromatic nitrogens is 2. The number of hydrogen-bond donors (Lipinski definition) is 2. The van der Waals surface area contributed by atoms with Crippen molar-refractivity contribution in [2.24, 2.45) is 0 Å². The maximum absolute atomic E-state index is 5.64. The molecule has 6 heteroatoms. The van der Waals surface area contributed by atoms with Gasteiger partial charge in [0, 0.05) is 28.8 Å². The van der Waals surface area contributed by atoms with Gasteiger partial charge in [-0.2, -0.15) is 4.98 Å². The molecule has 1 aromatic carbocycles. The lowest BCUT2D eigenvalue weighted by Crippen LogP contribution is -2.05. The Morgan fingerprint density at radius 1 is 1.44 bits per heavy atom. The topological polar surface area (TPSA) is 77.0 Å². The van der Waals surface area contributed by atoms with Crippen LogP contribution in [-0.2, 0) is 6.42 Å². The number of nitrogens with zero attached hydrogens (tertiary/aromatic N) is 2. The Hall–Kier alpha value is -1.56. The standard InChI is InChI=1S/C10H11BrN4O/c11-8-5-7(12)1-2-9(8)13-4-3-10-14-6-15-16-10/h1-2,5-6,13H,3-4,12H2. The molecule has 0 bridgehead atoms. The highest BCUT2D eigenvalue weighted by Gasteiger charge is 2.01. The van der Waals surface area contributed by atoms with Crippen LogP contribution in [-0.4, -0.2) is 16.7 Å². The third kappa shape index (κ3) is 2.73. The zero-order chi connectivity index (χ0) is 11.4. The highest BCUT2D eigenvalue weighted by atomic mass is 79.9. The van der Waals surface area contributed by atoms with Gasteiger partial charge in [0.15, 0.2) is 6.33 Å². The summed E-state index contributed by atoms with van der Waals surface area (Å²) < 4.78 is 5.83. The van der Waals surface area contributed by atoms with Crippen LogP contribution < -0.4 is 11.1 Å². The van der Waals surface area contributed by atoms with Gasteiger partial charge in [0.1, 0.15) is 0 Å². The summed E-state index contributed by atoms with van der Waals surface area (Å²) in [5.74, 6) is 0.624. The summed E-state index contributed by atoms with van der Waals surface area (Å²) in [7, 11) is 0. The Morgan fingerprint density at radius 3 is 3.00 bits per heavy atom. The molecular weight excluding hydrogens is 272 g/mol. The molecule has 3 N–H and O–H groups in total. The number of hydrogen-bond acceptors (Lipinski definition) is 5. The van der Waals surface area contributed by atoms with Crippen LogP contribution in [0.2, 0.25) is 0 Å². The lowest BCUT2D eigenvalue weighted by atomic mass is 10.3. The maximum atomic E-state index is 5.64. The maximum Gasteiger partial charge on any atom is 0.228 e. The van der Waals surface area contributed by atoms with Gasteiger partial charge in [-0.3, -0.25) is 0 Å². The average Bonchev–Trinajstić information content (AvgIpc) is 2.74. The first-order valence-corrected chi connectivity index (χ1v) is 5.59. The molecule has 2 aromatic rings. The quantitative estimate of drug-likeness (QED) is 0.840. The van der Waals surface area contributed by atoms with Gasteiger partial charge in [0.05, 0.1) is 0 Å². The predicted molar refractivity (Wildman–Crippen MR) is 65.0 cm³/mol. The van der Waals surface area contributed by atoms with E-state index in [0.29, 0.717) is 12.3 Å². The first kappa shape index (κ1) is 10.9. The molecule has 1 aromatic heterocycles. The lowest BCUT2D eigenvalue weighted by Gasteiger charge is -2.07. The second-order valence-electron chi connectivity index (χ2n) is 3.25. The fourth-order valence-corrected chi connectivity index (χ4v) is 1.82. The Labute approximate surface area is 101 Å². The zero-order valence-corrected chi connectivity index (χ0v) is 10.1. The predicted octanol–water partition coefficient (Wildman–Crippen LogP) is 2.07. The molecule has 0 fully saturated rings. The van der Waals surface area contributed by atoms with Gasteiger partial charge >= 0.3 is 0 Å². The molecule has 5 nitrogen and oxygen atoms in total. The molecule has 0 aliphatic carbocycles. The number of nitrogen functional groups attached to an aromatic ring is 1. The summed E-state index contributed by atoms with van der Waals surface area (Å²) in [4.78, 5) is 3.93. The number of rotatable bonds is 4. The molecule has 84 valence electrons. The average molecular weight is 283 g/mol. The monoisotopic (exact) mass is 282 g/mol. The number of halogens is 1. The van der Waals surface area contributed by atoms with E-state index in [2.05, 4.69) is 31.4 Å². The van der Waals surface area contributed by atoms with Crippen LogP contribution in [0.4, 0.5) is 11.4 Å². The Kier molecular flexibility index (Phi) is 3.40. The number of nitrogens with two attached hydrogens (primary N) is 1. The minimum atomic E-state index is 0.624. The van der Waals surface area contributed by atoms with E-state index in [1.807, 2.05) is 18.2 Å². The van der Waals surface area contributed by atoms with Gasteiger partial charge in [0.2, 0.25) is 5.89 Å². The van der Waals surface area contributed by atoms with Crippen molar-refractivity contribution >= 4 is 27.3 Å². The van der Waals surface area contributed by atoms with Crippen LogP contribution >= 0.6 is 15.9 Å². The summed E-state index contributed by atoms with van der Waals surface area (Å²) in [6.45, 7) is 0.727. The lowest BCUT2D eigenvalue weighted by molar-refractivity contribution is 0.380. The van der Waals surface area contributed by atoms with E-state index in [0.717, 1.165) is 22.4 Å². The molecule has 2 rings (SSSR count). The van der Waals surface area contributed by atoms with Gasteiger partial charge in [-0.25, -0.2) is 0 Å². The number of nitrogens with one attached hydrogen (secondary N) is 1. The van der Waals surface area contributed by atoms with Gasteiger partial charge < -0.3 is 15.6 Å². The molecular formula is C10H11BrN4O. The van der Waals surface area contributed by atoms with Crippen LogP contribution in [0, 0.1) is 0 Å². The van der Waals surface area contributed by atoms with Crippen molar-refractivity contribution in [1.82, 2.24) is 10.1 Å². The summed E-state index contributed by atoms with van der Waals surface area (Å²) in [5, 5.41) is 6.79. The van der Waals surface area contributed by atoms with Crippen molar-refractivity contribution in [3.63, 3.8) is 0 Å². The van der Waals surface area contributed by atoms with Crippen molar-refractivity contribution < 1.29 is 4.52 Å². The second-order valence-corrected chi connectivity index (χ2v) is 4.11. The van der Waals surface area contributed by atoms with Crippen molar-refractivity contribution in [2.45, 2.75) is 6.42 Å². The zero-order valence-electron chi connectivity index (χ0n) is 8.48. The van der Waals surface area contributed by atoms with E-state index in [4.69, 9.17) is 10.3 Å². The largest absolute Gasteiger partial charge is 0.399 e. The number of anilines is 2. The van der Waals surface area contributed by atoms with Crippen molar-refractivity contribution in [1.29, 1.82) is 0 Å². The highest BCUT2D eigenvalue weighted by Crippen LogP contribution is 2.24. The normalized spacial score (nSPS) is 10.3. The van der Waals surface area contributed by atoms with E-state index in [9.17, 15) is 0 Å². The fraction of sp³-hybridized carbons (Fsp3) is 0.200. The highest BCUT2D eigenvalue weighted by molar-refractivity contribution is 9.10. The van der Waals surface area contributed by atoms with Gasteiger partial charge in [-0.1, -0.05) is 5.16 Å². The van der Waals surface area contributed by atoms with E-state index in [1.54, 1.807) is 0 Å². The molecule has 0 radical (unpaired) electrons. The SMILES string of the molecule is Nc1ccc(NCCc2ncno2)c(Br)c1. The van der Waals surface area contributed by atoms with Crippen LogP contribution in [0.5, 0.6) is 0 Å². The summed E-state index contributed by atoms with van der Waals surface area (Å²) in [6, 6.07) is 5.63. The molecule has 0 aliphatic heterocycles. The molecule has 0 saturated heterocycles. The Balaban J connectivity index is 1.90. The van der Waals surface area contributed by atoms with Crippen LogP contribution in [0.25, 0.3) is 0 Å². The van der Waals surface area contributed by atoms with Gasteiger partial charge in [-0.15, -0.1) is 0 Å². The first-order valence-electron chi connectivity index (χ1n) is 4.80. The molecule has 16 heavy (non-hydrogen) atoms. The molecule has 0 aliphatic rings. The van der Waals surface area contributed by atoms with Crippen molar-refractivity contribution in [3.8, 4) is 0 Å². The summed E-state index contributed by atoms with van der Waals surface area (Å²) in [6.07, 6.45) is 2.09. The van der Waals surface area contributed by atoms with Crippen LogP contribution in [0.3, 0.4) is 0 Å². The smallest absolute Gasteiger partial charge is 0.228 e. The van der Waals surface area contributed by atoms with E-state index >= 15 is 0 Å². The van der Waals surface area contributed by atoms with Gasteiger partial charge in [-0.05, 0) is 34.1 Å². The molecule has 0 spiro atoms. The van der Waals surface area contributed by atoms with Gasteiger partial charge in [0.25, 0.3) is 0 Å². The first-order chi connectivity index (χ1) is 7.75. The molecule has 1 heterocycles. The molecule has 0 unspecified atom stereocenters. The van der Waals surface area contributed by atoms with Crippen LogP contribution in [0.15, 0.2) is 33.5 Å². The molecule has 0 saturated carbocycles. The Bertz CT molecular complexity index is 458. The fourth-order valence-electron chi connectivity index (χ4n) is 1.28. The molecule has 0 amide bonds. The third-order valence-electron chi connectivity index (χ3n) is 2.05. The molecule has 0 atom stereocenters. The van der Waals surface area contributed by atoms with Crippen molar-refractivity contribution in [2.75, 3.05) is 17.6 Å². The number of benzene rings is 1. The van der Waals surface area contributed by atoms with E-state index in [1.165, 1.54) is 6.33 Å². The minimum absolute atomic E-state index is 0.624. The van der Waals surface area contributed by atoms with E-state index < -0.39 is 0 Å². The Morgan fingerprint density at radius 2 is 2.31 bits per heavy atom. The van der Waals surface area contributed by atoms with Crippen molar-refractivity contribution in [3.05, 3.63) is 34.9 Å².